The topological polar surface area (TPSA) is 65.2 Å². The number of aryl methyl sites for hydroxylation is 2. The van der Waals surface area contributed by atoms with E-state index in [4.69, 9.17) is 5.26 Å². The number of ketones is 1. The maximum atomic E-state index is 12.5. The first-order chi connectivity index (χ1) is 11.0. The summed E-state index contributed by atoms with van der Waals surface area (Å²) in [6.07, 6.45) is 3.68. The largest absolute Gasteiger partial charge is 0.289 e. The second kappa shape index (κ2) is 7.61. The first-order valence-corrected chi connectivity index (χ1v) is 8.27. The summed E-state index contributed by atoms with van der Waals surface area (Å²) < 4.78 is 0. The van der Waals surface area contributed by atoms with Gasteiger partial charge in [0.15, 0.2) is 17.1 Å². The van der Waals surface area contributed by atoms with Crippen molar-refractivity contribution in [3.8, 4) is 6.19 Å². The number of benzene rings is 2. The Hall–Kier alpha value is -2.58. The van der Waals surface area contributed by atoms with E-state index >= 15 is 0 Å². The molecule has 5 heteroatoms. The fourth-order valence-corrected chi connectivity index (χ4v) is 2.37. The van der Waals surface area contributed by atoms with Gasteiger partial charge in [0.2, 0.25) is 0 Å². The molecule has 0 aliphatic rings. The number of nitrogens with one attached hydrogen (secondary N) is 1. The third-order valence-corrected chi connectivity index (χ3v) is 4.07. The zero-order chi connectivity index (χ0) is 16.8. The molecule has 116 valence electrons. The quantitative estimate of drug-likeness (QED) is 0.305. The molecule has 0 aliphatic heterocycles. The molecule has 2 aromatic carbocycles. The van der Waals surface area contributed by atoms with Gasteiger partial charge in [0.1, 0.15) is 0 Å². The average Bonchev–Trinajstić information content (AvgIpc) is 2.57. The minimum atomic E-state index is -0.0103. The van der Waals surface area contributed by atoms with E-state index < -0.39 is 0 Å². The van der Waals surface area contributed by atoms with E-state index in [1.54, 1.807) is 24.3 Å². The van der Waals surface area contributed by atoms with Crippen molar-refractivity contribution in [3.05, 3.63) is 64.7 Å². The van der Waals surface area contributed by atoms with Crippen LogP contribution in [0.5, 0.6) is 0 Å². The number of thioether (sulfide) groups is 1. The zero-order valence-electron chi connectivity index (χ0n) is 13.3. The first-order valence-electron chi connectivity index (χ1n) is 7.05. The summed E-state index contributed by atoms with van der Waals surface area (Å²) in [5.41, 5.74) is 4.25. The second-order valence-corrected chi connectivity index (χ2v) is 5.83. The lowest BCUT2D eigenvalue weighted by Gasteiger charge is -2.05. The summed E-state index contributed by atoms with van der Waals surface area (Å²) in [6, 6.07) is 12.7. The molecular weight excluding hydrogens is 306 g/mol. The number of hydrogen-bond donors (Lipinski definition) is 1. The van der Waals surface area contributed by atoms with Crippen molar-refractivity contribution in [1.82, 2.24) is 5.32 Å². The highest BCUT2D eigenvalue weighted by Crippen LogP contribution is 2.18. The fourth-order valence-electron chi connectivity index (χ4n) is 2.03. The van der Waals surface area contributed by atoms with Crippen LogP contribution >= 0.6 is 11.8 Å². The van der Waals surface area contributed by atoms with Gasteiger partial charge in [-0.3, -0.25) is 10.1 Å². The molecule has 2 aromatic rings. The molecule has 2 rings (SSSR count). The molecule has 0 atom stereocenters. The van der Waals surface area contributed by atoms with E-state index in [9.17, 15) is 4.79 Å². The molecular formula is C18H17N3OS. The SMILES string of the molecule is CSC(=Nc1ccc(C(=O)c2ccc(C)c(C)c2)cc1)NC#N. The van der Waals surface area contributed by atoms with Crippen molar-refractivity contribution in [2.45, 2.75) is 13.8 Å². The second-order valence-electron chi connectivity index (χ2n) is 5.03. The maximum Gasteiger partial charge on any atom is 0.193 e. The number of aliphatic imine (C=N–C) groups is 1. The Morgan fingerprint density at radius 3 is 2.30 bits per heavy atom. The van der Waals surface area contributed by atoms with E-state index in [1.807, 2.05) is 44.5 Å². The Kier molecular flexibility index (Phi) is 5.56. The predicted octanol–water partition coefficient (Wildman–Crippen LogP) is 3.96. The van der Waals surface area contributed by atoms with Gasteiger partial charge in [-0.25, -0.2) is 4.99 Å². The van der Waals surface area contributed by atoms with Gasteiger partial charge in [0.05, 0.1) is 5.69 Å². The van der Waals surface area contributed by atoms with Gasteiger partial charge >= 0.3 is 0 Å². The number of nitrogens with zero attached hydrogens (tertiary/aromatic N) is 2. The van der Waals surface area contributed by atoms with Gasteiger partial charge in [-0.2, -0.15) is 5.26 Å². The minimum Gasteiger partial charge on any atom is -0.289 e. The lowest BCUT2D eigenvalue weighted by atomic mass is 9.99. The number of carbonyl (C=O) groups is 1. The van der Waals surface area contributed by atoms with Crippen LogP contribution in [0.3, 0.4) is 0 Å². The molecule has 0 bridgehead atoms. The molecule has 1 N–H and O–H groups in total. The molecule has 0 radical (unpaired) electrons. The van der Waals surface area contributed by atoms with E-state index in [-0.39, 0.29) is 5.78 Å². The summed E-state index contributed by atoms with van der Waals surface area (Å²) in [5, 5.41) is 11.7. The zero-order valence-corrected chi connectivity index (χ0v) is 14.1. The number of hydrogen-bond acceptors (Lipinski definition) is 4. The highest BCUT2D eigenvalue weighted by atomic mass is 32.2. The van der Waals surface area contributed by atoms with Crippen molar-refractivity contribution in [3.63, 3.8) is 0 Å². The monoisotopic (exact) mass is 323 g/mol. The van der Waals surface area contributed by atoms with Crippen LogP contribution < -0.4 is 5.32 Å². The Balaban J connectivity index is 2.23. The van der Waals surface area contributed by atoms with Crippen LogP contribution in [0, 0.1) is 25.3 Å². The summed E-state index contributed by atoms with van der Waals surface area (Å²) >= 11 is 1.35. The third kappa shape index (κ3) is 4.21. The van der Waals surface area contributed by atoms with Crippen molar-refractivity contribution in [2.75, 3.05) is 6.26 Å². The number of nitriles is 1. The Bertz CT molecular complexity index is 789. The van der Waals surface area contributed by atoms with E-state index in [0.717, 1.165) is 5.56 Å². The highest BCUT2D eigenvalue weighted by molar-refractivity contribution is 8.13. The van der Waals surface area contributed by atoms with Crippen molar-refractivity contribution < 1.29 is 4.79 Å². The number of amidine groups is 1. The Labute approximate surface area is 140 Å². The van der Waals surface area contributed by atoms with E-state index in [1.165, 1.54) is 17.3 Å². The summed E-state index contributed by atoms with van der Waals surface area (Å²) in [4.78, 5) is 16.8. The van der Waals surface area contributed by atoms with Gasteiger partial charge in [-0.15, -0.1) is 0 Å². The van der Waals surface area contributed by atoms with Crippen LogP contribution in [0.1, 0.15) is 27.0 Å². The molecule has 0 spiro atoms. The third-order valence-electron chi connectivity index (χ3n) is 3.49. The van der Waals surface area contributed by atoms with Crippen LogP contribution in [0.4, 0.5) is 5.69 Å². The smallest absolute Gasteiger partial charge is 0.193 e. The molecule has 23 heavy (non-hydrogen) atoms. The van der Waals surface area contributed by atoms with Gasteiger partial charge in [0, 0.05) is 11.1 Å². The Morgan fingerprint density at radius 2 is 1.74 bits per heavy atom. The summed E-state index contributed by atoms with van der Waals surface area (Å²) in [5.74, 6) is -0.0103. The molecule has 0 saturated carbocycles. The summed E-state index contributed by atoms with van der Waals surface area (Å²) in [6.45, 7) is 4.02. The molecule has 0 heterocycles. The van der Waals surface area contributed by atoms with Gasteiger partial charge in [-0.05, 0) is 61.6 Å². The number of rotatable bonds is 3. The van der Waals surface area contributed by atoms with Crippen LogP contribution in [-0.2, 0) is 0 Å². The lowest BCUT2D eigenvalue weighted by Crippen LogP contribution is -2.12. The highest BCUT2D eigenvalue weighted by Gasteiger charge is 2.10. The summed E-state index contributed by atoms with van der Waals surface area (Å²) in [7, 11) is 0. The van der Waals surface area contributed by atoms with Crippen LogP contribution in [-0.4, -0.2) is 17.2 Å². The average molecular weight is 323 g/mol. The molecule has 0 saturated heterocycles. The standard InChI is InChI=1S/C18H17N3OS/c1-12-4-5-15(10-13(12)2)17(22)14-6-8-16(9-7-14)21-18(23-3)20-11-19/h4-10H,1-3H3,(H,20,21). The van der Waals surface area contributed by atoms with Gasteiger partial charge in [0.25, 0.3) is 0 Å². The molecule has 0 aliphatic carbocycles. The van der Waals surface area contributed by atoms with Gasteiger partial charge < -0.3 is 0 Å². The van der Waals surface area contributed by atoms with E-state index in [2.05, 4.69) is 10.3 Å². The molecule has 0 aromatic heterocycles. The molecule has 0 unspecified atom stereocenters. The van der Waals surface area contributed by atoms with Crippen molar-refractivity contribution in [1.29, 1.82) is 5.26 Å². The molecule has 0 fully saturated rings. The predicted molar refractivity (Wildman–Crippen MR) is 95.1 cm³/mol. The molecule has 4 nitrogen and oxygen atoms in total. The van der Waals surface area contributed by atoms with Crippen molar-refractivity contribution in [2.24, 2.45) is 4.99 Å². The van der Waals surface area contributed by atoms with Crippen molar-refractivity contribution >= 4 is 28.4 Å². The van der Waals surface area contributed by atoms with E-state index in [0.29, 0.717) is 22.0 Å². The maximum absolute atomic E-state index is 12.5. The van der Waals surface area contributed by atoms with Crippen LogP contribution in [0.2, 0.25) is 0 Å². The first kappa shape index (κ1) is 16.8. The van der Waals surface area contributed by atoms with Crippen LogP contribution in [0.15, 0.2) is 47.5 Å². The van der Waals surface area contributed by atoms with Crippen LogP contribution in [0.25, 0.3) is 0 Å². The molecule has 0 amide bonds. The Morgan fingerprint density at radius 1 is 1.09 bits per heavy atom. The van der Waals surface area contributed by atoms with Gasteiger partial charge in [-0.1, -0.05) is 23.9 Å². The lowest BCUT2D eigenvalue weighted by molar-refractivity contribution is 0.103. The fraction of sp³-hybridized carbons (Fsp3) is 0.167. The normalized spacial score (nSPS) is 11.0. The number of carbonyl (C=O) groups excluding carboxylic acids is 1. The minimum absolute atomic E-state index is 0.0103.